The molecular weight excluding hydrogens is 334 g/mol. The van der Waals surface area contributed by atoms with Crippen molar-refractivity contribution in [1.82, 2.24) is 4.72 Å². The van der Waals surface area contributed by atoms with Crippen molar-refractivity contribution in [3.63, 3.8) is 0 Å². The third kappa shape index (κ3) is 5.58. The van der Waals surface area contributed by atoms with Crippen LogP contribution in [-0.2, 0) is 10.0 Å². The SMILES string of the molecule is NC(CCCCNS(=O)(=O)c1ccc(Br)cc1)=NO. The third-order valence-electron chi connectivity index (χ3n) is 2.40. The van der Waals surface area contributed by atoms with Crippen LogP contribution in [0.5, 0.6) is 0 Å². The van der Waals surface area contributed by atoms with E-state index in [9.17, 15) is 8.42 Å². The molecule has 0 aliphatic rings. The summed E-state index contributed by atoms with van der Waals surface area (Å²) in [6, 6.07) is 6.41. The lowest BCUT2D eigenvalue weighted by atomic mass is 10.2. The topological polar surface area (TPSA) is 105 Å². The Hall–Kier alpha value is -1.12. The molecule has 0 heterocycles. The normalized spacial score (nSPS) is 12.6. The van der Waals surface area contributed by atoms with Gasteiger partial charge in [-0.25, -0.2) is 13.1 Å². The fraction of sp³-hybridized carbons (Fsp3) is 0.364. The molecule has 106 valence electrons. The zero-order chi connectivity index (χ0) is 14.3. The average molecular weight is 350 g/mol. The fourth-order valence-electron chi connectivity index (χ4n) is 1.38. The maximum atomic E-state index is 11.9. The predicted molar refractivity (Wildman–Crippen MR) is 76.6 cm³/mol. The quantitative estimate of drug-likeness (QED) is 0.229. The lowest BCUT2D eigenvalue weighted by Crippen LogP contribution is -2.25. The summed E-state index contributed by atoms with van der Waals surface area (Å²) >= 11 is 3.25. The van der Waals surface area contributed by atoms with Crippen molar-refractivity contribution in [3.05, 3.63) is 28.7 Å². The van der Waals surface area contributed by atoms with Crippen molar-refractivity contribution in [3.8, 4) is 0 Å². The molecule has 0 fully saturated rings. The number of halogens is 1. The van der Waals surface area contributed by atoms with Crippen molar-refractivity contribution in [1.29, 1.82) is 0 Å². The van der Waals surface area contributed by atoms with Gasteiger partial charge in [-0.2, -0.15) is 0 Å². The molecular formula is C11H16BrN3O3S. The van der Waals surface area contributed by atoms with Gasteiger partial charge in [0.05, 0.1) is 4.90 Å². The van der Waals surface area contributed by atoms with E-state index >= 15 is 0 Å². The van der Waals surface area contributed by atoms with Crippen LogP contribution in [0.15, 0.2) is 38.8 Å². The molecule has 1 rings (SSSR count). The zero-order valence-electron chi connectivity index (χ0n) is 10.2. The van der Waals surface area contributed by atoms with Crippen molar-refractivity contribution in [2.24, 2.45) is 10.9 Å². The Kier molecular flexibility index (Phi) is 6.26. The number of hydrogen-bond acceptors (Lipinski definition) is 4. The summed E-state index contributed by atoms with van der Waals surface area (Å²) in [5.41, 5.74) is 5.30. The van der Waals surface area contributed by atoms with Crippen molar-refractivity contribution >= 4 is 31.8 Å². The Morgan fingerprint density at radius 3 is 2.53 bits per heavy atom. The minimum absolute atomic E-state index is 0.149. The maximum absolute atomic E-state index is 11.9. The van der Waals surface area contributed by atoms with E-state index in [0.29, 0.717) is 25.8 Å². The first-order valence-electron chi connectivity index (χ1n) is 5.67. The van der Waals surface area contributed by atoms with Gasteiger partial charge in [0.15, 0.2) is 0 Å². The molecule has 0 aromatic heterocycles. The van der Waals surface area contributed by atoms with Crippen molar-refractivity contribution < 1.29 is 13.6 Å². The van der Waals surface area contributed by atoms with Gasteiger partial charge in [-0.15, -0.1) is 0 Å². The van der Waals surface area contributed by atoms with E-state index in [4.69, 9.17) is 10.9 Å². The number of rotatable bonds is 7. The number of benzene rings is 1. The van der Waals surface area contributed by atoms with Crippen LogP contribution in [0.2, 0.25) is 0 Å². The second-order valence-electron chi connectivity index (χ2n) is 3.90. The monoisotopic (exact) mass is 349 g/mol. The zero-order valence-corrected chi connectivity index (χ0v) is 12.6. The van der Waals surface area contributed by atoms with E-state index in [0.717, 1.165) is 4.47 Å². The minimum atomic E-state index is -3.47. The predicted octanol–water partition coefficient (Wildman–Crippen LogP) is 1.64. The summed E-state index contributed by atoms with van der Waals surface area (Å²) in [6.07, 6.45) is 1.71. The molecule has 0 saturated heterocycles. The molecule has 1 aromatic carbocycles. The van der Waals surface area contributed by atoms with E-state index in [2.05, 4.69) is 25.8 Å². The summed E-state index contributed by atoms with van der Waals surface area (Å²) in [4.78, 5) is 0.229. The van der Waals surface area contributed by atoms with E-state index in [1.807, 2.05) is 0 Å². The molecule has 0 radical (unpaired) electrons. The summed E-state index contributed by atoms with van der Waals surface area (Å²) < 4.78 is 27.1. The first kappa shape index (κ1) is 15.9. The number of sulfonamides is 1. The van der Waals surface area contributed by atoms with E-state index in [-0.39, 0.29) is 10.7 Å². The van der Waals surface area contributed by atoms with Gasteiger partial charge < -0.3 is 10.9 Å². The Labute approximate surface area is 120 Å². The molecule has 1 aromatic rings. The Morgan fingerprint density at radius 1 is 1.32 bits per heavy atom. The molecule has 0 bridgehead atoms. The Balaban J connectivity index is 2.42. The van der Waals surface area contributed by atoms with Gasteiger partial charge in [0.2, 0.25) is 10.0 Å². The highest BCUT2D eigenvalue weighted by molar-refractivity contribution is 9.10. The number of hydrogen-bond donors (Lipinski definition) is 3. The Bertz CT molecular complexity index is 529. The third-order valence-corrected chi connectivity index (χ3v) is 4.41. The molecule has 4 N–H and O–H groups in total. The highest BCUT2D eigenvalue weighted by Gasteiger charge is 2.12. The van der Waals surface area contributed by atoms with Gasteiger partial charge >= 0.3 is 0 Å². The van der Waals surface area contributed by atoms with Crippen LogP contribution in [0, 0.1) is 0 Å². The minimum Gasteiger partial charge on any atom is -0.409 e. The second kappa shape index (κ2) is 7.46. The van der Waals surface area contributed by atoms with Crippen LogP contribution in [0.25, 0.3) is 0 Å². The van der Waals surface area contributed by atoms with Crippen LogP contribution >= 0.6 is 15.9 Å². The van der Waals surface area contributed by atoms with Crippen LogP contribution in [0.1, 0.15) is 19.3 Å². The first-order valence-corrected chi connectivity index (χ1v) is 7.95. The molecule has 0 amide bonds. The van der Waals surface area contributed by atoms with Crippen LogP contribution < -0.4 is 10.5 Å². The van der Waals surface area contributed by atoms with Gasteiger partial charge in [0.1, 0.15) is 5.84 Å². The molecule has 0 aliphatic heterocycles. The van der Waals surface area contributed by atoms with Crippen LogP contribution in [0.3, 0.4) is 0 Å². The van der Waals surface area contributed by atoms with Crippen molar-refractivity contribution in [2.45, 2.75) is 24.2 Å². The highest BCUT2D eigenvalue weighted by Crippen LogP contribution is 2.14. The molecule has 0 unspecified atom stereocenters. The lowest BCUT2D eigenvalue weighted by molar-refractivity contribution is 0.316. The van der Waals surface area contributed by atoms with Gasteiger partial charge in [-0.3, -0.25) is 0 Å². The fourth-order valence-corrected chi connectivity index (χ4v) is 2.72. The van der Waals surface area contributed by atoms with E-state index in [1.54, 1.807) is 12.1 Å². The lowest BCUT2D eigenvalue weighted by Gasteiger charge is -2.06. The van der Waals surface area contributed by atoms with E-state index < -0.39 is 10.0 Å². The molecule has 8 heteroatoms. The molecule has 0 saturated carbocycles. The number of oxime groups is 1. The number of unbranched alkanes of at least 4 members (excludes halogenated alkanes) is 1. The number of nitrogens with one attached hydrogen (secondary N) is 1. The largest absolute Gasteiger partial charge is 0.409 e. The molecule has 6 nitrogen and oxygen atoms in total. The number of nitrogens with zero attached hydrogens (tertiary/aromatic N) is 1. The summed E-state index contributed by atoms with van der Waals surface area (Å²) in [6.45, 7) is 0.317. The average Bonchev–Trinajstić information content (AvgIpc) is 2.38. The van der Waals surface area contributed by atoms with Crippen LogP contribution in [-0.4, -0.2) is 26.0 Å². The van der Waals surface area contributed by atoms with E-state index in [1.165, 1.54) is 12.1 Å². The molecule has 0 spiro atoms. The highest BCUT2D eigenvalue weighted by atomic mass is 79.9. The summed E-state index contributed by atoms with van der Waals surface area (Å²) in [5.74, 6) is 0.149. The number of nitrogens with two attached hydrogens (primary N) is 1. The summed E-state index contributed by atoms with van der Waals surface area (Å²) in [5, 5.41) is 11.2. The van der Waals surface area contributed by atoms with Crippen molar-refractivity contribution in [2.75, 3.05) is 6.54 Å². The molecule has 19 heavy (non-hydrogen) atoms. The maximum Gasteiger partial charge on any atom is 0.240 e. The summed E-state index contributed by atoms with van der Waals surface area (Å²) in [7, 11) is -3.47. The number of amidine groups is 1. The Morgan fingerprint density at radius 2 is 1.95 bits per heavy atom. The second-order valence-corrected chi connectivity index (χ2v) is 6.58. The smallest absolute Gasteiger partial charge is 0.240 e. The molecule has 0 aliphatic carbocycles. The van der Waals surface area contributed by atoms with Crippen LogP contribution in [0.4, 0.5) is 0 Å². The van der Waals surface area contributed by atoms with Gasteiger partial charge in [0, 0.05) is 17.4 Å². The van der Waals surface area contributed by atoms with Gasteiger partial charge in [-0.1, -0.05) is 21.1 Å². The molecule has 0 atom stereocenters. The standard InChI is InChI=1S/C11H16BrN3O3S/c12-9-4-6-10(7-5-9)19(17,18)14-8-2-1-3-11(13)15-16/h4-7,14,16H,1-3,8H2,(H2,13,15). The van der Waals surface area contributed by atoms with Gasteiger partial charge in [0.25, 0.3) is 0 Å². The van der Waals surface area contributed by atoms with Gasteiger partial charge in [-0.05, 0) is 37.1 Å². The first-order chi connectivity index (χ1) is 8.95.